The highest BCUT2D eigenvalue weighted by molar-refractivity contribution is 6.20. The molecule has 1 N–H and O–H groups in total. The summed E-state index contributed by atoms with van der Waals surface area (Å²) in [5.74, 6) is 1.25. The van der Waals surface area contributed by atoms with E-state index in [1.165, 1.54) is 5.97 Å². The van der Waals surface area contributed by atoms with Crippen LogP contribution in [0, 0.1) is 11.2 Å². The van der Waals surface area contributed by atoms with Gasteiger partial charge in [-0.1, -0.05) is 0 Å². The van der Waals surface area contributed by atoms with Crippen molar-refractivity contribution in [2.75, 3.05) is 0 Å². The van der Waals surface area contributed by atoms with Crippen molar-refractivity contribution >= 4 is 7.85 Å². The third-order valence-electron chi connectivity index (χ3n) is 0.406. The van der Waals surface area contributed by atoms with Gasteiger partial charge in [0.05, 0.1) is 6.33 Å². The molecule has 0 fully saturated rings. The van der Waals surface area contributed by atoms with Crippen LogP contribution in [0.4, 0.5) is 0 Å². The van der Waals surface area contributed by atoms with Crippen molar-refractivity contribution in [2.45, 2.75) is 0 Å². The van der Waals surface area contributed by atoms with E-state index in [1.54, 1.807) is 18.7 Å². The summed E-state index contributed by atoms with van der Waals surface area (Å²) in [6.07, 6.45) is 5.08. The van der Waals surface area contributed by atoms with Crippen molar-refractivity contribution < 1.29 is 0 Å². The van der Waals surface area contributed by atoms with Gasteiger partial charge in [-0.25, -0.2) is 10.2 Å². The molecule has 1 aromatic heterocycles. The van der Waals surface area contributed by atoms with Gasteiger partial charge in [-0.2, -0.15) is 0 Å². The van der Waals surface area contributed by atoms with Crippen molar-refractivity contribution in [1.29, 1.82) is 5.26 Å². The quantitative estimate of drug-likeness (QED) is 0.473. The first-order valence-corrected chi connectivity index (χ1v) is 1.94. The average molecular weight is 105 g/mol. The summed E-state index contributed by atoms with van der Waals surface area (Å²) in [5, 5.41) is 7.10. The number of aromatic amines is 1. The van der Waals surface area contributed by atoms with E-state index in [0.717, 1.165) is 0 Å². The van der Waals surface area contributed by atoms with Crippen LogP contribution in [-0.4, -0.2) is 17.8 Å². The van der Waals surface area contributed by atoms with Gasteiger partial charge in [0, 0.05) is 12.4 Å². The maximum atomic E-state index is 7.10. The van der Waals surface area contributed by atoms with Crippen LogP contribution in [-0.2, 0) is 0 Å². The predicted molar refractivity (Wildman–Crippen MR) is 30.0 cm³/mol. The lowest BCUT2D eigenvalue weighted by atomic mass is 10.2. The number of imidazole rings is 1. The molecule has 3 nitrogen and oxygen atoms in total. The zero-order chi connectivity index (χ0) is 6.24. The highest BCUT2D eigenvalue weighted by Gasteiger charge is 1.56. The van der Waals surface area contributed by atoms with E-state index in [9.17, 15) is 0 Å². The molecule has 4 heteroatoms. The lowest BCUT2D eigenvalue weighted by molar-refractivity contribution is 1.31. The van der Waals surface area contributed by atoms with Gasteiger partial charge in [0.25, 0.3) is 0 Å². The van der Waals surface area contributed by atoms with Crippen LogP contribution >= 0.6 is 0 Å². The molecular weight excluding hydrogens is 101 g/mol. The summed E-state index contributed by atoms with van der Waals surface area (Å²) >= 11 is 0. The van der Waals surface area contributed by atoms with E-state index >= 15 is 0 Å². The van der Waals surface area contributed by atoms with Gasteiger partial charge < -0.3 is 4.98 Å². The summed E-state index contributed by atoms with van der Waals surface area (Å²) in [5.41, 5.74) is 0. The van der Waals surface area contributed by atoms with E-state index in [4.69, 9.17) is 5.26 Å². The van der Waals surface area contributed by atoms with Gasteiger partial charge in [0.2, 0.25) is 7.85 Å². The Balaban J connectivity index is 0.000000145. The van der Waals surface area contributed by atoms with Crippen molar-refractivity contribution in [2.24, 2.45) is 0 Å². The van der Waals surface area contributed by atoms with Gasteiger partial charge in [-0.05, 0) is 5.97 Å². The highest BCUT2D eigenvalue weighted by Crippen LogP contribution is 1.62. The fourth-order valence-electron chi connectivity index (χ4n) is 0.215. The minimum atomic E-state index is 1.25. The highest BCUT2D eigenvalue weighted by atomic mass is 14.8. The summed E-state index contributed by atoms with van der Waals surface area (Å²) in [6, 6.07) is 0. The average Bonchev–Trinajstić information content (AvgIpc) is 2.17. The van der Waals surface area contributed by atoms with Crippen molar-refractivity contribution in [3.05, 3.63) is 18.7 Å². The molecule has 0 saturated carbocycles. The second-order valence-corrected chi connectivity index (χ2v) is 0.890. The molecule has 0 aromatic carbocycles. The van der Waals surface area contributed by atoms with Crippen LogP contribution in [0.1, 0.15) is 0 Å². The molecule has 38 valence electrons. The summed E-state index contributed by atoms with van der Waals surface area (Å²) in [7, 11) is 4.15. The molecule has 0 saturated heterocycles. The third kappa shape index (κ3) is 4.76. The van der Waals surface area contributed by atoms with Gasteiger partial charge in [-0.15, -0.1) is 0 Å². The van der Waals surface area contributed by atoms with E-state index in [0.29, 0.717) is 0 Å². The molecule has 0 aliphatic rings. The molecule has 1 aromatic rings. The number of H-pyrrole nitrogens is 1. The van der Waals surface area contributed by atoms with Gasteiger partial charge in [0.15, 0.2) is 0 Å². The first kappa shape index (κ1) is 6.76. The van der Waals surface area contributed by atoms with Crippen molar-refractivity contribution in [1.82, 2.24) is 9.97 Å². The topological polar surface area (TPSA) is 52.5 Å². The fraction of sp³-hybridized carbons (Fsp3) is 0. The van der Waals surface area contributed by atoms with Crippen LogP contribution in [0.3, 0.4) is 0 Å². The molecule has 1 heterocycles. The van der Waals surface area contributed by atoms with Gasteiger partial charge in [0.1, 0.15) is 0 Å². The normalized spacial score (nSPS) is 5.88. The molecule has 0 aliphatic carbocycles. The van der Waals surface area contributed by atoms with E-state index in [1.807, 2.05) is 0 Å². The molecule has 1 rings (SSSR count). The van der Waals surface area contributed by atoms with E-state index < -0.39 is 0 Å². The minimum absolute atomic E-state index is 1.25. The Morgan fingerprint density at radius 2 is 2.38 bits per heavy atom. The van der Waals surface area contributed by atoms with E-state index in [-0.39, 0.29) is 0 Å². The molecule has 0 unspecified atom stereocenters. The first-order valence-electron chi connectivity index (χ1n) is 1.94. The largest absolute Gasteiger partial charge is 0.351 e. The number of rotatable bonds is 0. The second-order valence-electron chi connectivity index (χ2n) is 0.890. The second kappa shape index (κ2) is 5.76. The molecule has 8 heavy (non-hydrogen) atoms. The maximum Gasteiger partial charge on any atom is 0.229 e. The third-order valence-corrected chi connectivity index (χ3v) is 0.406. The Morgan fingerprint density at radius 1 is 1.75 bits per heavy atom. The number of hydrogen-bond donors (Lipinski definition) is 1. The Hall–Kier alpha value is -1.24. The lowest BCUT2D eigenvalue weighted by Crippen LogP contribution is -1.44. The number of aromatic nitrogens is 2. The van der Waals surface area contributed by atoms with Gasteiger partial charge >= 0.3 is 0 Å². The van der Waals surface area contributed by atoms with Crippen LogP contribution in [0.2, 0.25) is 0 Å². The minimum Gasteiger partial charge on any atom is -0.351 e. The lowest BCUT2D eigenvalue weighted by Gasteiger charge is -1.46. The monoisotopic (exact) mass is 105 g/mol. The number of nitrogens with zero attached hydrogens (tertiary/aromatic N) is 2. The molecule has 0 amide bonds. The Labute approximate surface area is 48.8 Å². The first-order chi connectivity index (χ1) is 3.91. The fourth-order valence-corrected chi connectivity index (χ4v) is 0.215. The zero-order valence-corrected chi connectivity index (χ0v) is 4.20. The summed E-state index contributed by atoms with van der Waals surface area (Å²) in [4.78, 5) is 6.42. The zero-order valence-electron chi connectivity index (χ0n) is 4.20. The number of hydrogen-bond acceptors (Lipinski definition) is 2. The Kier molecular flexibility index (Phi) is 4.87. The summed E-state index contributed by atoms with van der Waals surface area (Å²) < 4.78 is 0. The Morgan fingerprint density at radius 3 is 2.50 bits per heavy atom. The molecule has 2 radical (unpaired) electrons. The standard InChI is InChI=1S/C3H4N2.CBN/c1-2-5-3-4-1;2-1-3/h1-3H,(H,4,5);. The number of nitrogens with one attached hydrogen (secondary N) is 1. The predicted octanol–water partition coefficient (Wildman–Crippen LogP) is 0.0457. The number of nitriles is 1. The summed E-state index contributed by atoms with van der Waals surface area (Å²) in [6.45, 7) is 0. The van der Waals surface area contributed by atoms with Crippen molar-refractivity contribution in [3.63, 3.8) is 0 Å². The Bertz CT molecular complexity index is 124. The SMILES string of the molecule is [B]C#N.c1c[nH]cn1. The molecule has 0 bridgehead atoms. The van der Waals surface area contributed by atoms with Crippen LogP contribution in [0.25, 0.3) is 0 Å². The molecular formula is C4H4BN3. The molecule has 0 aliphatic heterocycles. The van der Waals surface area contributed by atoms with Gasteiger partial charge in [-0.3, -0.25) is 0 Å². The molecule has 0 spiro atoms. The maximum absolute atomic E-state index is 7.10. The van der Waals surface area contributed by atoms with Crippen LogP contribution in [0.15, 0.2) is 18.7 Å². The van der Waals surface area contributed by atoms with Crippen molar-refractivity contribution in [3.8, 4) is 5.97 Å². The van der Waals surface area contributed by atoms with Crippen LogP contribution < -0.4 is 0 Å². The smallest absolute Gasteiger partial charge is 0.229 e. The van der Waals surface area contributed by atoms with Crippen LogP contribution in [0.5, 0.6) is 0 Å². The van der Waals surface area contributed by atoms with E-state index in [2.05, 4.69) is 17.8 Å². The molecule has 0 atom stereocenters.